The molecule has 0 heterocycles. The minimum absolute atomic E-state index is 0.101. The Morgan fingerprint density at radius 1 is 0.957 bits per heavy atom. The lowest BCUT2D eigenvalue weighted by molar-refractivity contribution is -0.117. The van der Waals surface area contributed by atoms with Gasteiger partial charge in [-0.15, -0.1) is 0 Å². The molecule has 0 radical (unpaired) electrons. The van der Waals surface area contributed by atoms with Gasteiger partial charge in [-0.05, 0) is 55.5 Å². The number of nitrogens with one attached hydrogen (secondary N) is 2. The lowest BCUT2D eigenvalue weighted by atomic mass is 10.3. The van der Waals surface area contributed by atoms with Crippen LogP contribution in [0.25, 0.3) is 0 Å². The topological polar surface area (TPSA) is 75.3 Å². The fourth-order valence-electron chi connectivity index (χ4n) is 1.75. The number of rotatable bonds is 5. The Hall–Kier alpha value is -1.22. The second-order valence-corrected chi connectivity index (χ2v) is 8.34. The van der Waals surface area contributed by atoms with Crippen molar-refractivity contribution in [1.29, 1.82) is 0 Å². The first-order valence-electron chi connectivity index (χ1n) is 6.62. The number of anilines is 1. The van der Waals surface area contributed by atoms with Gasteiger partial charge < -0.3 is 5.32 Å². The van der Waals surface area contributed by atoms with Crippen molar-refractivity contribution in [2.75, 3.05) is 5.32 Å². The summed E-state index contributed by atoms with van der Waals surface area (Å²) in [5, 5.41) is 2.66. The van der Waals surface area contributed by atoms with E-state index in [9.17, 15) is 13.2 Å². The van der Waals surface area contributed by atoms with E-state index < -0.39 is 22.0 Å². The molecule has 0 saturated heterocycles. The molecule has 8 heteroatoms. The van der Waals surface area contributed by atoms with Gasteiger partial charge in [0.1, 0.15) is 0 Å². The van der Waals surface area contributed by atoms with E-state index in [0.717, 1.165) is 8.95 Å². The molecule has 23 heavy (non-hydrogen) atoms. The third kappa shape index (κ3) is 5.13. The third-order valence-corrected chi connectivity index (χ3v) is 5.57. The molecule has 0 bridgehead atoms. The molecule has 0 saturated carbocycles. The Morgan fingerprint density at radius 2 is 1.43 bits per heavy atom. The van der Waals surface area contributed by atoms with Crippen LogP contribution in [0.1, 0.15) is 6.92 Å². The van der Waals surface area contributed by atoms with Gasteiger partial charge in [-0.25, -0.2) is 8.42 Å². The first kappa shape index (κ1) is 18.1. The van der Waals surface area contributed by atoms with Crippen LogP contribution in [-0.2, 0) is 14.8 Å². The number of halogens is 2. The molecule has 0 aliphatic carbocycles. The van der Waals surface area contributed by atoms with Crippen molar-refractivity contribution in [3.8, 4) is 0 Å². The van der Waals surface area contributed by atoms with Gasteiger partial charge in [0.25, 0.3) is 0 Å². The number of carbonyl (C=O) groups is 1. The molecule has 1 unspecified atom stereocenters. The van der Waals surface area contributed by atoms with E-state index in [1.165, 1.54) is 19.1 Å². The van der Waals surface area contributed by atoms with Crippen LogP contribution in [0.3, 0.4) is 0 Å². The van der Waals surface area contributed by atoms with Gasteiger partial charge in [0.15, 0.2) is 0 Å². The number of benzene rings is 2. The molecule has 5 nitrogen and oxygen atoms in total. The van der Waals surface area contributed by atoms with Crippen molar-refractivity contribution in [2.24, 2.45) is 0 Å². The van der Waals surface area contributed by atoms with Crippen LogP contribution in [0.4, 0.5) is 5.69 Å². The molecule has 0 aromatic heterocycles. The van der Waals surface area contributed by atoms with Crippen molar-refractivity contribution < 1.29 is 13.2 Å². The number of carbonyl (C=O) groups excluding carboxylic acids is 1. The van der Waals surface area contributed by atoms with Crippen molar-refractivity contribution in [1.82, 2.24) is 4.72 Å². The zero-order chi connectivity index (χ0) is 17.0. The molecule has 0 aliphatic rings. The van der Waals surface area contributed by atoms with Gasteiger partial charge in [-0.1, -0.05) is 31.9 Å². The normalized spacial score (nSPS) is 12.7. The summed E-state index contributed by atoms with van der Waals surface area (Å²) in [7, 11) is -3.76. The summed E-state index contributed by atoms with van der Waals surface area (Å²) in [6, 6.07) is 12.3. The van der Waals surface area contributed by atoms with Crippen LogP contribution in [0.2, 0.25) is 0 Å². The molecule has 0 aliphatic heterocycles. The molecular weight excluding hydrogens is 448 g/mol. The highest BCUT2D eigenvalue weighted by molar-refractivity contribution is 9.10. The van der Waals surface area contributed by atoms with E-state index in [1.54, 1.807) is 36.4 Å². The monoisotopic (exact) mass is 460 g/mol. The van der Waals surface area contributed by atoms with Crippen LogP contribution in [0.15, 0.2) is 62.4 Å². The minimum Gasteiger partial charge on any atom is -0.325 e. The van der Waals surface area contributed by atoms with Crippen molar-refractivity contribution in [3.63, 3.8) is 0 Å². The summed E-state index contributed by atoms with van der Waals surface area (Å²) in [4.78, 5) is 12.2. The van der Waals surface area contributed by atoms with Crippen LogP contribution in [0, 0.1) is 0 Å². The SMILES string of the molecule is CC(NS(=O)(=O)c1ccc(Br)cc1)C(=O)Nc1ccc(Br)cc1. The minimum atomic E-state index is -3.76. The van der Waals surface area contributed by atoms with E-state index in [4.69, 9.17) is 0 Å². The largest absolute Gasteiger partial charge is 0.325 e. The fraction of sp³-hybridized carbons (Fsp3) is 0.133. The summed E-state index contributed by atoms with van der Waals surface area (Å²) in [5.41, 5.74) is 0.591. The smallest absolute Gasteiger partial charge is 0.242 e. The molecule has 0 spiro atoms. The summed E-state index contributed by atoms with van der Waals surface area (Å²) in [5.74, 6) is -0.437. The van der Waals surface area contributed by atoms with Gasteiger partial charge in [0.2, 0.25) is 15.9 Å². The Labute approximate surface area is 151 Å². The summed E-state index contributed by atoms with van der Waals surface area (Å²) < 4.78 is 28.5. The Kier molecular flexibility index (Phi) is 5.96. The highest BCUT2D eigenvalue weighted by Gasteiger charge is 2.22. The first-order valence-corrected chi connectivity index (χ1v) is 9.69. The number of sulfonamides is 1. The predicted molar refractivity (Wildman–Crippen MR) is 96.7 cm³/mol. The Bertz CT molecular complexity index is 790. The molecule has 2 rings (SSSR count). The maximum Gasteiger partial charge on any atom is 0.242 e. The third-order valence-electron chi connectivity index (χ3n) is 2.96. The molecule has 2 N–H and O–H groups in total. The fourth-order valence-corrected chi connectivity index (χ4v) is 3.48. The first-order chi connectivity index (χ1) is 10.8. The zero-order valence-electron chi connectivity index (χ0n) is 12.1. The second kappa shape index (κ2) is 7.57. The van der Waals surface area contributed by atoms with Crippen LogP contribution in [-0.4, -0.2) is 20.4 Å². The molecule has 1 atom stereocenters. The van der Waals surface area contributed by atoms with E-state index in [1.807, 2.05) is 0 Å². The number of hydrogen-bond acceptors (Lipinski definition) is 3. The molecule has 2 aromatic rings. The zero-order valence-corrected chi connectivity index (χ0v) is 16.1. The second-order valence-electron chi connectivity index (χ2n) is 4.79. The standard InChI is InChI=1S/C15H14Br2N2O3S/c1-10(15(20)18-13-6-2-11(16)3-7-13)19-23(21,22)14-8-4-12(17)5-9-14/h2-10,19H,1H3,(H,18,20). The molecular formula is C15H14Br2N2O3S. The molecule has 2 aromatic carbocycles. The van der Waals surface area contributed by atoms with Crippen LogP contribution in [0.5, 0.6) is 0 Å². The van der Waals surface area contributed by atoms with Crippen LogP contribution < -0.4 is 10.0 Å². The summed E-state index contributed by atoms with van der Waals surface area (Å²) >= 11 is 6.55. The average Bonchev–Trinajstić information content (AvgIpc) is 2.49. The maximum atomic E-state index is 12.2. The van der Waals surface area contributed by atoms with E-state index in [-0.39, 0.29) is 4.90 Å². The molecule has 0 fully saturated rings. The van der Waals surface area contributed by atoms with Gasteiger partial charge in [0.05, 0.1) is 10.9 Å². The Morgan fingerprint density at radius 3 is 1.96 bits per heavy atom. The highest BCUT2D eigenvalue weighted by Crippen LogP contribution is 2.16. The summed E-state index contributed by atoms with van der Waals surface area (Å²) in [6.45, 7) is 1.49. The van der Waals surface area contributed by atoms with E-state index in [0.29, 0.717) is 5.69 Å². The quantitative estimate of drug-likeness (QED) is 0.715. The van der Waals surface area contributed by atoms with Crippen LogP contribution >= 0.6 is 31.9 Å². The van der Waals surface area contributed by atoms with Gasteiger partial charge in [0, 0.05) is 14.6 Å². The van der Waals surface area contributed by atoms with Crippen molar-refractivity contribution in [3.05, 3.63) is 57.5 Å². The predicted octanol–water partition coefficient (Wildman–Crippen LogP) is 3.52. The molecule has 122 valence electrons. The van der Waals surface area contributed by atoms with Crippen molar-refractivity contribution >= 4 is 53.5 Å². The number of amides is 1. The van der Waals surface area contributed by atoms with Gasteiger partial charge >= 0.3 is 0 Å². The number of hydrogen-bond donors (Lipinski definition) is 2. The lowest BCUT2D eigenvalue weighted by Gasteiger charge is -2.14. The van der Waals surface area contributed by atoms with E-state index >= 15 is 0 Å². The van der Waals surface area contributed by atoms with Gasteiger partial charge in [-0.2, -0.15) is 4.72 Å². The van der Waals surface area contributed by atoms with Crippen molar-refractivity contribution in [2.45, 2.75) is 17.9 Å². The maximum absolute atomic E-state index is 12.2. The Balaban J connectivity index is 2.05. The van der Waals surface area contributed by atoms with E-state index in [2.05, 4.69) is 41.9 Å². The molecule has 1 amide bonds. The average molecular weight is 462 g/mol. The lowest BCUT2D eigenvalue weighted by Crippen LogP contribution is -2.41. The summed E-state index contributed by atoms with van der Waals surface area (Å²) in [6.07, 6.45) is 0. The highest BCUT2D eigenvalue weighted by atomic mass is 79.9. The van der Waals surface area contributed by atoms with Gasteiger partial charge in [-0.3, -0.25) is 4.79 Å².